The predicted octanol–water partition coefficient (Wildman–Crippen LogP) is 2.51. The van der Waals surface area contributed by atoms with E-state index in [2.05, 4.69) is 15.4 Å². The zero-order valence-electron chi connectivity index (χ0n) is 17.0. The third kappa shape index (κ3) is 6.14. The van der Waals surface area contributed by atoms with E-state index in [1.807, 2.05) is 12.1 Å². The van der Waals surface area contributed by atoms with Gasteiger partial charge in [0.2, 0.25) is 21.8 Å². The number of benzene rings is 2. The highest BCUT2D eigenvalue weighted by atomic mass is 32.2. The van der Waals surface area contributed by atoms with E-state index in [9.17, 15) is 18.0 Å². The summed E-state index contributed by atoms with van der Waals surface area (Å²) in [6.07, 6.45) is 4.17. The molecular formula is C22H27N3O4S. The molecule has 3 rings (SSSR count). The van der Waals surface area contributed by atoms with Crippen LogP contribution in [0.3, 0.4) is 0 Å². The first-order valence-corrected chi connectivity index (χ1v) is 11.6. The third-order valence-electron chi connectivity index (χ3n) is 5.01. The molecule has 0 radical (unpaired) electrons. The van der Waals surface area contributed by atoms with Gasteiger partial charge in [-0.05, 0) is 66.6 Å². The number of carbonyl (C=O) groups is 2. The second-order valence-corrected chi connectivity index (χ2v) is 9.21. The number of hydrogen-bond acceptors (Lipinski definition) is 4. The Morgan fingerprint density at radius 2 is 1.77 bits per heavy atom. The summed E-state index contributed by atoms with van der Waals surface area (Å²) in [4.78, 5) is 23.5. The monoisotopic (exact) mass is 429 g/mol. The van der Waals surface area contributed by atoms with Gasteiger partial charge in [-0.1, -0.05) is 18.2 Å². The van der Waals surface area contributed by atoms with E-state index in [0.717, 1.165) is 36.8 Å². The van der Waals surface area contributed by atoms with E-state index in [4.69, 9.17) is 0 Å². The lowest BCUT2D eigenvalue weighted by Gasteiger charge is -2.16. The van der Waals surface area contributed by atoms with Crippen molar-refractivity contribution in [3.63, 3.8) is 0 Å². The molecule has 7 nitrogen and oxygen atoms in total. The van der Waals surface area contributed by atoms with Crippen LogP contribution in [-0.2, 0) is 39.0 Å². The van der Waals surface area contributed by atoms with Gasteiger partial charge in [-0.2, -0.15) is 0 Å². The molecule has 0 saturated carbocycles. The summed E-state index contributed by atoms with van der Waals surface area (Å²) < 4.78 is 27.6. The first-order chi connectivity index (χ1) is 14.3. The molecule has 30 heavy (non-hydrogen) atoms. The van der Waals surface area contributed by atoms with Crippen LogP contribution < -0.4 is 15.4 Å². The molecule has 0 bridgehead atoms. The Morgan fingerprint density at radius 3 is 2.53 bits per heavy atom. The summed E-state index contributed by atoms with van der Waals surface area (Å²) in [5.41, 5.74) is 3.82. The molecule has 2 amide bonds. The van der Waals surface area contributed by atoms with Gasteiger partial charge in [0.1, 0.15) is 0 Å². The van der Waals surface area contributed by atoms with Gasteiger partial charge in [0.25, 0.3) is 0 Å². The Kier molecular flexibility index (Phi) is 7.23. The molecule has 0 atom stereocenters. The van der Waals surface area contributed by atoms with E-state index in [1.165, 1.54) is 12.5 Å². The van der Waals surface area contributed by atoms with Crippen LogP contribution in [0.25, 0.3) is 0 Å². The van der Waals surface area contributed by atoms with Crippen molar-refractivity contribution in [2.75, 3.05) is 11.9 Å². The molecule has 0 aliphatic heterocycles. The van der Waals surface area contributed by atoms with Gasteiger partial charge in [-0.3, -0.25) is 9.59 Å². The average molecular weight is 430 g/mol. The lowest BCUT2D eigenvalue weighted by Crippen LogP contribution is -2.30. The quantitative estimate of drug-likeness (QED) is 0.600. The third-order valence-corrected chi connectivity index (χ3v) is 6.47. The number of rotatable bonds is 8. The number of aryl methyl sites for hydroxylation is 2. The lowest BCUT2D eigenvalue weighted by atomic mass is 9.92. The fraction of sp³-hybridized carbons (Fsp3) is 0.364. The van der Waals surface area contributed by atoms with Crippen molar-refractivity contribution in [1.29, 1.82) is 0 Å². The number of fused-ring (bicyclic) bond motifs is 1. The first-order valence-electron chi connectivity index (χ1n) is 10.1. The number of sulfonamides is 1. The minimum Gasteiger partial charge on any atom is -0.352 e. The van der Waals surface area contributed by atoms with Gasteiger partial charge in [0.15, 0.2) is 0 Å². The molecule has 0 saturated heterocycles. The topological polar surface area (TPSA) is 104 Å². The maximum Gasteiger partial charge on any atom is 0.240 e. The summed E-state index contributed by atoms with van der Waals surface area (Å²) in [7, 11) is -3.64. The molecule has 1 aliphatic rings. The normalized spacial score (nSPS) is 13.4. The Morgan fingerprint density at radius 1 is 1.00 bits per heavy atom. The maximum absolute atomic E-state index is 12.5. The standard InChI is InChI=1S/C22H27N3O4S/c1-16(26)25-20-8-4-5-17(13-20)15-23-22(27)11-12-24-30(28,29)21-10-9-18-6-2-3-7-19(18)14-21/h4-5,8-10,13-14,24H,2-3,6-7,11-12,15H2,1H3,(H,23,27)(H,25,26). The molecule has 0 fully saturated rings. The molecule has 0 unspecified atom stereocenters. The van der Waals surface area contributed by atoms with Crippen molar-refractivity contribution in [1.82, 2.24) is 10.0 Å². The van der Waals surface area contributed by atoms with E-state index in [0.29, 0.717) is 12.2 Å². The highest BCUT2D eigenvalue weighted by Crippen LogP contribution is 2.24. The summed E-state index contributed by atoms with van der Waals surface area (Å²) >= 11 is 0. The molecule has 0 heterocycles. The van der Waals surface area contributed by atoms with E-state index in [-0.39, 0.29) is 29.7 Å². The molecule has 160 valence electrons. The van der Waals surface area contributed by atoms with Crippen molar-refractivity contribution in [3.05, 3.63) is 59.2 Å². The van der Waals surface area contributed by atoms with Crippen LogP contribution in [-0.4, -0.2) is 26.8 Å². The van der Waals surface area contributed by atoms with Crippen LogP contribution in [0, 0.1) is 0 Å². The maximum atomic E-state index is 12.5. The van der Waals surface area contributed by atoms with Crippen LogP contribution in [0.15, 0.2) is 47.4 Å². The summed E-state index contributed by atoms with van der Waals surface area (Å²) in [6.45, 7) is 1.75. The van der Waals surface area contributed by atoms with Gasteiger partial charge < -0.3 is 10.6 Å². The first kappa shape index (κ1) is 22.0. The van der Waals surface area contributed by atoms with Crippen molar-refractivity contribution in [2.45, 2.75) is 50.5 Å². The summed E-state index contributed by atoms with van der Waals surface area (Å²) in [5, 5.41) is 5.45. The Hall–Kier alpha value is -2.71. The number of amides is 2. The van der Waals surface area contributed by atoms with E-state index < -0.39 is 10.0 Å². The molecule has 0 aromatic heterocycles. The van der Waals surface area contributed by atoms with Crippen molar-refractivity contribution >= 4 is 27.5 Å². The Bertz CT molecular complexity index is 1030. The van der Waals surface area contributed by atoms with Gasteiger partial charge >= 0.3 is 0 Å². The molecule has 1 aliphatic carbocycles. The summed E-state index contributed by atoms with van der Waals surface area (Å²) in [5.74, 6) is -0.421. The minimum atomic E-state index is -3.64. The lowest BCUT2D eigenvalue weighted by molar-refractivity contribution is -0.121. The van der Waals surface area contributed by atoms with Crippen molar-refractivity contribution < 1.29 is 18.0 Å². The van der Waals surface area contributed by atoms with E-state index >= 15 is 0 Å². The number of carbonyl (C=O) groups excluding carboxylic acids is 2. The minimum absolute atomic E-state index is 0.0250. The van der Waals surface area contributed by atoms with Crippen LogP contribution in [0.5, 0.6) is 0 Å². The average Bonchev–Trinajstić information content (AvgIpc) is 2.71. The number of anilines is 1. The predicted molar refractivity (Wildman–Crippen MR) is 115 cm³/mol. The van der Waals surface area contributed by atoms with Crippen molar-refractivity contribution in [2.24, 2.45) is 0 Å². The molecule has 2 aromatic rings. The number of nitrogens with one attached hydrogen (secondary N) is 3. The highest BCUT2D eigenvalue weighted by Gasteiger charge is 2.17. The van der Waals surface area contributed by atoms with Gasteiger partial charge in [0, 0.05) is 32.1 Å². The molecular weight excluding hydrogens is 402 g/mol. The summed E-state index contributed by atoms with van der Waals surface area (Å²) in [6, 6.07) is 12.4. The number of hydrogen-bond donors (Lipinski definition) is 3. The van der Waals surface area contributed by atoms with Crippen LogP contribution in [0.2, 0.25) is 0 Å². The second-order valence-electron chi connectivity index (χ2n) is 7.44. The van der Waals surface area contributed by atoms with Crippen molar-refractivity contribution in [3.8, 4) is 0 Å². The van der Waals surface area contributed by atoms with Gasteiger partial charge in [-0.15, -0.1) is 0 Å². The molecule has 0 spiro atoms. The Balaban J connectivity index is 1.47. The second kappa shape index (κ2) is 9.86. The fourth-order valence-electron chi connectivity index (χ4n) is 3.51. The largest absolute Gasteiger partial charge is 0.352 e. The fourth-order valence-corrected chi connectivity index (χ4v) is 4.59. The molecule has 3 N–H and O–H groups in total. The van der Waals surface area contributed by atoms with Crippen LogP contribution in [0.1, 0.15) is 42.9 Å². The highest BCUT2D eigenvalue weighted by molar-refractivity contribution is 7.89. The van der Waals surface area contributed by atoms with Crippen LogP contribution >= 0.6 is 0 Å². The van der Waals surface area contributed by atoms with Gasteiger partial charge in [0.05, 0.1) is 4.90 Å². The van der Waals surface area contributed by atoms with Crippen LogP contribution in [0.4, 0.5) is 5.69 Å². The molecule has 2 aromatic carbocycles. The van der Waals surface area contributed by atoms with Gasteiger partial charge in [-0.25, -0.2) is 13.1 Å². The zero-order chi connectivity index (χ0) is 21.6. The SMILES string of the molecule is CC(=O)Nc1cccc(CNC(=O)CCNS(=O)(=O)c2ccc3c(c2)CCCC3)c1. The van der Waals surface area contributed by atoms with E-state index in [1.54, 1.807) is 30.3 Å². The zero-order valence-corrected chi connectivity index (χ0v) is 17.8. The smallest absolute Gasteiger partial charge is 0.240 e. The Labute approximate surface area is 177 Å². The molecule has 8 heteroatoms.